The Morgan fingerprint density at radius 3 is 3.00 bits per heavy atom. The van der Waals surface area contributed by atoms with Crippen molar-refractivity contribution < 1.29 is 4.74 Å². The van der Waals surface area contributed by atoms with E-state index in [1.165, 1.54) is 16.0 Å². The average Bonchev–Trinajstić information content (AvgIpc) is 2.77. The van der Waals surface area contributed by atoms with E-state index in [1.807, 2.05) is 6.07 Å². The third-order valence-corrected chi connectivity index (χ3v) is 3.74. The van der Waals surface area contributed by atoms with Crippen LogP contribution in [0.4, 0.5) is 0 Å². The van der Waals surface area contributed by atoms with E-state index in [-0.39, 0.29) is 0 Å². The van der Waals surface area contributed by atoms with Gasteiger partial charge in [0.15, 0.2) is 0 Å². The number of aromatic nitrogens is 1. The molecule has 18 heavy (non-hydrogen) atoms. The van der Waals surface area contributed by atoms with Crippen LogP contribution in [0.3, 0.4) is 0 Å². The molecule has 2 heteroatoms. The number of H-pyrrole nitrogens is 1. The summed E-state index contributed by atoms with van der Waals surface area (Å²) in [7, 11) is 0. The number of hydrogen-bond donors (Lipinski definition) is 1. The van der Waals surface area contributed by atoms with Gasteiger partial charge in [-0.2, -0.15) is 0 Å². The standard InChI is InChI=1S/C16H13NO/c1-3-12-14-9(2)7-8-11-16(14)15-10(17-11)5-4-6-13(15)18-12/h3,5,7-8,17H,1-2,4,6H2. The largest absolute Gasteiger partial charge is 0.460 e. The van der Waals surface area contributed by atoms with Gasteiger partial charge in [-0.1, -0.05) is 25.3 Å². The van der Waals surface area contributed by atoms with E-state index in [1.54, 1.807) is 6.08 Å². The molecule has 2 aliphatic rings. The minimum absolute atomic E-state index is 0.834. The SMILES string of the molecule is C=CC1=c2c(=C)ccc3[nH]c4c(c23)=C(CCC=4)O1. The van der Waals surface area contributed by atoms with Crippen molar-refractivity contribution in [3.05, 3.63) is 45.8 Å². The molecule has 1 aromatic heterocycles. The fraction of sp³-hybridized carbons (Fsp3) is 0.125. The fourth-order valence-corrected chi connectivity index (χ4v) is 2.98. The first-order valence-electron chi connectivity index (χ1n) is 6.17. The molecule has 0 saturated heterocycles. The van der Waals surface area contributed by atoms with E-state index in [0.717, 1.165) is 40.3 Å². The summed E-state index contributed by atoms with van der Waals surface area (Å²) in [5.74, 6) is 1.90. The summed E-state index contributed by atoms with van der Waals surface area (Å²) >= 11 is 0. The molecular weight excluding hydrogens is 222 g/mol. The summed E-state index contributed by atoms with van der Waals surface area (Å²) in [6, 6.07) is 4.12. The fourth-order valence-electron chi connectivity index (χ4n) is 2.98. The summed E-state index contributed by atoms with van der Waals surface area (Å²) in [5.41, 5.74) is 1.15. The highest BCUT2D eigenvalue weighted by molar-refractivity contribution is 5.87. The van der Waals surface area contributed by atoms with E-state index in [0.29, 0.717) is 0 Å². The molecule has 1 N–H and O–H groups in total. The van der Waals surface area contributed by atoms with Crippen molar-refractivity contribution in [3.63, 3.8) is 0 Å². The second-order valence-electron chi connectivity index (χ2n) is 4.77. The molecule has 0 amide bonds. The van der Waals surface area contributed by atoms with Gasteiger partial charge in [0.1, 0.15) is 11.5 Å². The number of hydrogen-bond acceptors (Lipinski definition) is 1. The highest BCUT2D eigenvalue weighted by Gasteiger charge is 2.18. The lowest BCUT2D eigenvalue weighted by Crippen LogP contribution is -2.38. The molecule has 0 bridgehead atoms. The van der Waals surface area contributed by atoms with Crippen LogP contribution < -0.4 is 21.0 Å². The van der Waals surface area contributed by atoms with Gasteiger partial charge in [-0.25, -0.2) is 0 Å². The quantitative estimate of drug-likeness (QED) is 0.768. The molecule has 88 valence electrons. The van der Waals surface area contributed by atoms with Gasteiger partial charge in [-0.05, 0) is 23.8 Å². The monoisotopic (exact) mass is 235 g/mol. The Balaban J connectivity index is 2.48. The molecular formula is C16H13NO. The van der Waals surface area contributed by atoms with E-state index in [4.69, 9.17) is 4.74 Å². The van der Waals surface area contributed by atoms with Crippen LogP contribution in [0.1, 0.15) is 12.8 Å². The van der Waals surface area contributed by atoms with Crippen LogP contribution in [0.5, 0.6) is 0 Å². The van der Waals surface area contributed by atoms with Crippen molar-refractivity contribution in [2.75, 3.05) is 0 Å². The first-order chi connectivity index (χ1) is 8.79. The molecule has 2 aromatic rings. The zero-order valence-electron chi connectivity index (χ0n) is 10.0. The Kier molecular flexibility index (Phi) is 1.72. The summed E-state index contributed by atoms with van der Waals surface area (Å²) in [4.78, 5) is 3.47. The van der Waals surface area contributed by atoms with Crippen LogP contribution >= 0.6 is 0 Å². The van der Waals surface area contributed by atoms with Crippen LogP contribution in [0.2, 0.25) is 0 Å². The third-order valence-electron chi connectivity index (χ3n) is 3.74. The zero-order valence-corrected chi connectivity index (χ0v) is 10.0. The predicted octanol–water partition coefficient (Wildman–Crippen LogP) is 0.585. The van der Waals surface area contributed by atoms with Crippen LogP contribution in [-0.2, 0) is 4.74 Å². The summed E-state index contributed by atoms with van der Waals surface area (Å²) in [6.45, 7) is 7.97. The van der Waals surface area contributed by atoms with E-state index in [2.05, 4.69) is 30.3 Å². The Hall–Kier alpha value is -2.22. The number of ether oxygens (including phenoxy) is 1. The molecule has 2 heterocycles. The van der Waals surface area contributed by atoms with Crippen molar-refractivity contribution >= 4 is 35.1 Å². The topological polar surface area (TPSA) is 25.0 Å². The van der Waals surface area contributed by atoms with Gasteiger partial charge >= 0.3 is 0 Å². The molecule has 0 spiro atoms. The van der Waals surface area contributed by atoms with Gasteiger partial charge in [0.2, 0.25) is 0 Å². The van der Waals surface area contributed by atoms with Crippen LogP contribution in [0.15, 0.2) is 24.8 Å². The molecule has 0 fully saturated rings. The highest BCUT2D eigenvalue weighted by atomic mass is 16.5. The maximum atomic E-state index is 6.01. The predicted molar refractivity (Wildman–Crippen MR) is 74.1 cm³/mol. The van der Waals surface area contributed by atoms with Crippen molar-refractivity contribution in [1.82, 2.24) is 4.98 Å². The Bertz CT molecular complexity index is 928. The number of nitrogens with one attached hydrogen (secondary N) is 1. The van der Waals surface area contributed by atoms with E-state index < -0.39 is 0 Å². The maximum Gasteiger partial charge on any atom is 0.134 e. The van der Waals surface area contributed by atoms with E-state index in [9.17, 15) is 0 Å². The third kappa shape index (κ3) is 1.03. The summed E-state index contributed by atoms with van der Waals surface area (Å²) in [6.07, 6.45) is 6.00. The smallest absolute Gasteiger partial charge is 0.134 e. The molecule has 0 unspecified atom stereocenters. The van der Waals surface area contributed by atoms with Gasteiger partial charge in [-0.15, -0.1) is 0 Å². The van der Waals surface area contributed by atoms with Gasteiger partial charge in [0, 0.05) is 33.1 Å². The van der Waals surface area contributed by atoms with Crippen molar-refractivity contribution in [1.29, 1.82) is 0 Å². The van der Waals surface area contributed by atoms with Crippen molar-refractivity contribution in [2.45, 2.75) is 12.8 Å². The van der Waals surface area contributed by atoms with Gasteiger partial charge in [-0.3, -0.25) is 0 Å². The van der Waals surface area contributed by atoms with E-state index >= 15 is 0 Å². The molecule has 2 nitrogen and oxygen atoms in total. The minimum atomic E-state index is 0.834. The molecule has 1 aliphatic heterocycles. The molecule has 0 radical (unpaired) electrons. The lowest BCUT2D eigenvalue weighted by atomic mass is 10.0. The number of aromatic amines is 1. The highest BCUT2D eigenvalue weighted by Crippen LogP contribution is 2.19. The summed E-state index contributed by atoms with van der Waals surface area (Å²) < 4.78 is 6.01. The molecule has 4 rings (SSSR count). The first kappa shape index (κ1) is 9.77. The number of rotatable bonds is 1. The van der Waals surface area contributed by atoms with Crippen LogP contribution in [0.25, 0.3) is 35.1 Å². The Morgan fingerprint density at radius 2 is 2.17 bits per heavy atom. The second-order valence-corrected chi connectivity index (χ2v) is 4.77. The molecule has 1 aromatic carbocycles. The average molecular weight is 235 g/mol. The van der Waals surface area contributed by atoms with Gasteiger partial charge in [0.25, 0.3) is 0 Å². The Labute approximate surface area is 104 Å². The molecule has 0 saturated carbocycles. The lowest BCUT2D eigenvalue weighted by Gasteiger charge is -2.16. The van der Waals surface area contributed by atoms with Crippen molar-refractivity contribution in [3.8, 4) is 0 Å². The summed E-state index contributed by atoms with van der Waals surface area (Å²) in [5, 5.41) is 5.72. The maximum absolute atomic E-state index is 6.01. The number of benzene rings is 1. The normalized spacial score (nSPS) is 16.4. The zero-order chi connectivity index (χ0) is 12.3. The van der Waals surface area contributed by atoms with Crippen molar-refractivity contribution in [2.24, 2.45) is 0 Å². The van der Waals surface area contributed by atoms with Gasteiger partial charge in [0.05, 0.1) is 0 Å². The molecule has 1 aliphatic carbocycles. The van der Waals surface area contributed by atoms with Crippen LogP contribution in [0, 0.1) is 0 Å². The van der Waals surface area contributed by atoms with Crippen LogP contribution in [-0.4, -0.2) is 4.98 Å². The second kappa shape index (κ2) is 3.16. The molecule has 0 atom stereocenters. The van der Waals surface area contributed by atoms with Gasteiger partial charge < -0.3 is 9.72 Å². The Morgan fingerprint density at radius 1 is 1.28 bits per heavy atom. The first-order valence-corrected chi connectivity index (χ1v) is 6.17. The lowest BCUT2D eigenvalue weighted by molar-refractivity contribution is 0.440. The minimum Gasteiger partial charge on any atom is -0.460 e.